The van der Waals surface area contributed by atoms with E-state index in [1.54, 1.807) is 0 Å². The Morgan fingerprint density at radius 2 is 1.62 bits per heavy atom. The second-order valence-electron chi connectivity index (χ2n) is 6.00. The average molecular weight is 281 g/mol. The van der Waals surface area contributed by atoms with Crippen molar-refractivity contribution in [3.8, 4) is 11.4 Å². The second-order valence-corrected chi connectivity index (χ2v) is 6.00. The predicted molar refractivity (Wildman–Crippen MR) is 86.3 cm³/mol. The van der Waals surface area contributed by atoms with Gasteiger partial charge in [0.1, 0.15) is 0 Å². The topological polar surface area (TPSA) is 37.8 Å². The summed E-state index contributed by atoms with van der Waals surface area (Å²) in [5, 5.41) is 3.60. The molecule has 1 N–H and O–H groups in total. The first-order valence-electron chi connectivity index (χ1n) is 7.80. The van der Waals surface area contributed by atoms with Crippen LogP contribution in [0.5, 0.6) is 0 Å². The molecule has 0 bridgehead atoms. The Balaban J connectivity index is 1.97. The Kier molecular flexibility index (Phi) is 4.02. The molecule has 1 atom stereocenters. The average Bonchev–Trinajstić information content (AvgIpc) is 2.48. The SMILES string of the molecule is Cc1ccc(-c2nc(C)c(C3CCCCN3)c(C)n2)cc1. The molecule has 0 spiro atoms. The fourth-order valence-electron chi connectivity index (χ4n) is 3.16. The van der Waals surface area contributed by atoms with Gasteiger partial charge in [-0.25, -0.2) is 9.97 Å². The third-order valence-electron chi connectivity index (χ3n) is 4.30. The van der Waals surface area contributed by atoms with Gasteiger partial charge in [0.15, 0.2) is 5.82 Å². The van der Waals surface area contributed by atoms with Gasteiger partial charge in [-0.1, -0.05) is 36.2 Å². The molecule has 1 unspecified atom stereocenters. The number of nitrogens with one attached hydrogen (secondary N) is 1. The van der Waals surface area contributed by atoms with Gasteiger partial charge in [-0.15, -0.1) is 0 Å². The molecule has 2 aromatic rings. The van der Waals surface area contributed by atoms with E-state index in [2.05, 4.69) is 50.4 Å². The molecule has 110 valence electrons. The first-order valence-corrected chi connectivity index (χ1v) is 7.80. The lowest BCUT2D eigenvalue weighted by atomic mass is 9.95. The van der Waals surface area contributed by atoms with E-state index in [1.165, 1.54) is 30.4 Å². The van der Waals surface area contributed by atoms with E-state index in [9.17, 15) is 0 Å². The molecule has 1 fully saturated rings. The zero-order chi connectivity index (χ0) is 14.8. The van der Waals surface area contributed by atoms with Crippen LogP contribution < -0.4 is 5.32 Å². The monoisotopic (exact) mass is 281 g/mol. The molecule has 3 nitrogen and oxygen atoms in total. The van der Waals surface area contributed by atoms with Gasteiger partial charge < -0.3 is 5.32 Å². The molecule has 1 aliphatic rings. The maximum atomic E-state index is 4.76. The number of rotatable bonds is 2. The van der Waals surface area contributed by atoms with Crippen LogP contribution in [-0.2, 0) is 0 Å². The van der Waals surface area contributed by atoms with Crippen LogP contribution in [0.2, 0.25) is 0 Å². The van der Waals surface area contributed by atoms with Crippen molar-refractivity contribution >= 4 is 0 Å². The third-order valence-corrected chi connectivity index (χ3v) is 4.30. The van der Waals surface area contributed by atoms with Crippen molar-refractivity contribution < 1.29 is 0 Å². The molecular weight excluding hydrogens is 258 g/mol. The summed E-state index contributed by atoms with van der Waals surface area (Å²) >= 11 is 0. The number of aryl methyl sites for hydroxylation is 3. The van der Waals surface area contributed by atoms with E-state index in [1.807, 2.05) is 0 Å². The number of benzene rings is 1. The zero-order valence-electron chi connectivity index (χ0n) is 13.1. The highest BCUT2D eigenvalue weighted by Crippen LogP contribution is 2.28. The summed E-state index contributed by atoms with van der Waals surface area (Å²) in [7, 11) is 0. The van der Waals surface area contributed by atoms with Crippen LogP contribution in [0.3, 0.4) is 0 Å². The first kappa shape index (κ1) is 14.2. The van der Waals surface area contributed by atoms with Crippen LogP contribution in [0, 0.1) is 20.8 Å². The van der Waals surface area contributed by atoms with Gasteiger partial charge in [0, 0.05) is 28.6 Å². The maximum absolute atomic E-state index is 4.76. The van der Waals surface area contributed by atoms with Crippen LogP contribution in [0.1, 0.15) is 47.8 Å². The minimum absolute atomic E-state index is 0.422. The van der Waals surface area contributed by atoms with Gasteiger partial charge in [-0.05, 0) is 40.2 Å². The fourth-order valence-corrected chi connectivity index (χ4v) is 3.16. The highest BCUT2D eigenvalue weighted by molar-refractivity contribution is 5.56. The normalized spacial score (nSPS) is 18.7. The molecule has 3 rings (SSSR count). The Bertz CT molecular complexity index is 602. The molecule has 1 aromatic heterocycles. The highest BCUT2D eigenvalue weighted by atomic mass is 15.0. The standard InChI is InChI=1S/C18H23N3/c1-12-7-9-15(10-8-12)18-20-13(2)17(14(3)21-18)16-6-4-5-11-19-16/h7-10,16,19H,4-6,11H2,1-3H3. The Hall–Kier alpha value is -1.74. The molecule has 0 amide bonds. The van der Waals surface area contributed by atoms with Crippen molar-refractivity contribution in [3.63, 3.8) is 0 Å². The van der Waals surface area contributed by atoms with Crippen LogP contribution in [-0.4, -0.2) is 16.5 Å². The summed E-state index contributed by atoms with van der Waals surface area (Å²) in [6.07, 6.45) is 3.75. The molecule has 0 saturated carbocycles. The number of nitrogens with zero attached hydrogens (tertiary/aromatic N) is 2. The zero-order valence-corrected chi connectivity index (χ0v) is 13.1. The summed E-state index contributed by atoms with van der Waals surface area (Å²) in [6, 6.07) is 8.84. The van der Waals surface area contributed by atoms with Gasteiger partial charge in [0.05, 0.1) is 0 Å². The minimum Gasteiger partial charge on any atom is -0.310 e. The quantitative estimate of drug-likeness (QED) is 0.907. The van der Waals surface area contributed by atoms with E-state index in [4.69, 9.17) is 9.97 Å². The number of aromatic nitrogens is 2. The Morgan fingerprint density at radius 3 is 2.19 bits per heavy atom. The molecule has 21 heavy (non-hydrogen) atoms. The number of hydrogen-bond donors (Lipinski definition) is 1. The predicted octanol–water partition coefficient (Wildman–Crippen LogP) is 3.88. The van der Waals surface area contributed by atoms with Gasteiger partial charge in [0.2, 0.25) is 0 Å². The van der Waals surface area contributed by atoms with Crippen molar-refractivity contribution in [3.05, 3.63) is 46.8 Å². The van der Waals surface area contributed by atoms with Crippen LogP contribution in [0.4, 0.5) is 0 Å². The molecular formula is C18H23N3. The lowest BCUT2D eigenvalue weighted by molar-refractivity contribution is 0.408. The second kappa shape index (κ2) is 5.94. The van der Waals surface area contributed by atoms with Crippen molar-refractivity contribution in [1.29, 1.82) is 0 Å². The van der Waals surface area contributed by atoms with E-state index < -0.39 is 0 Å². The van der Waals surface area contributed by atoms with Crippen molar-refractivity contribution in [1.82, 2.24) is 15.3 Å². The molecule has 3 heteroatoms. The summed E-state index contributed by atoms with van der Waals surface area (Å²) in [4.78, 5) is 9.52. The van der Waals surface area contributed by atoms with Gasteiger partial charge >= 0.3 is 0 Å². The highest BCUT2D eigenvalue weighted by Gasteiger charge is 2.21. The summed E-state index contributed by atoms with van der Waals surface area (Å²) in [5.74, 6) is 0.838. The molecule has 0 aliphatic carbocycles. The molecule has 1 saturated heterocycles. The molecule has 2 heterocycles. The van der Waals surface area contributed by atoms with Crippen molar-refractivity contribution in [2.45, 2.75) is 46.1 Å². The largest absolute Gasteiger partial charge is 0.310 e. The van der Waals surface area contributed by atoms with Crippen molar-refractivity contribution in [2.75, 3.05) is 6.54 Å². The number of hydrogen-bond acceptors (Lipinski definition) is 3. The van der Waals surface area contributed by atoms with Crippen LogP contribution in [0.25, 0.3) is 11.4 Å². The van der Waals surface area contributed by atoms with E-state index in [0.717, 1.165) is 29.3 Å². The van der Waals surface area contributed by atoms with E-state index >= 15 is 0 Å². The van der Waals surface area contributed by atoms with Crippen molar-refractivity contribution in [2.24, 2.45) is 0 Å². The molecule has 1 aromatic carbocycles. The third kappa shape index (κ3) is 2.98. The summed E-state index contributed by atoms with van der Waals surface area (Å²) in [5.41, 5.74) is 5.87. The summed E-state index contributed by atoms with van der Waals surface area (Å²) < 4.78 is 0. The Morgan fingerprint density at radius 1 is 0.952 bits per heavy atom. The lowest BCUT2D eigenvalue weighted by Crippen LogP contribution is -2.28. The molecule has 1 aliphatic heterocycles. The lowest BCUT2D eigenvalue weighted by Gasteiger charge is -2.26. The fraction of sp³-hybridized carbons (Fsp3) is 0.444. The van der Waals surface area contributed by atoms with Gasteiger partial charge in [0.25, 0.3) is 0 Å². The first-order chi connectivity index (χ1) is 10.1. The van der Waals surface area contributed by atoms with Gasteiger partial charge in [-0.2, -0.15) is 0 Å². The minimum atomic E-state index is 0.422. The summed E-state index contributed by atoms with van der Waals surface area (Å²) in [6.45, 7) is 7.41. The van der Waals surface area contributed by atoms with Crippen LogP contribution >= 0.6 is 0 Å². The smallest absolute Gasteiger partial charge is 0.159 e. The maximum Gasteiger partial charge on any atom is 0.159 e. The van der Waals surface area contributed by atoms with E-state index in [-0.39, 0.29) is 0 Å². The van der Waals surface area contributed by atoms with Crippen LogP contribution in [0.15, 0.2) is 24.3 Å². The Labute approximate surface area is 126 Å². The van der Waals surface area contributed by atoms with Gasteiger partial charge in [-0.3, -0.25) is 0 Å². The number of piperidine rings is 1. The molecule has 0 radical (unpaired) electrons. The van der Waals surface area contributed by atoms with E-state index in [0.29, 0.717) is 6.04 Å².